The Bertz CT molecular complexity index is 833. The van der Waals surface area contributed by atoms with Crippen LogP contribution < -0.4 is 22.5 Å². The number of hydrogen-bond donors (Lipinski definition) is 4. The van der Waals surface area contributed by atoms with Crippen molar-refractivity contribution in [2.75, 3.05) is 52.5 Å². The normalized spacial score (nSPS) is 38.5. The smallest absolute Gasteiger partial charge is 0.0637 e. The Labute approximate surface area is 277 Å². The maximum atomic E-state index is 6.86. The van der Waals surface area contributed by atoms with Crippen LogP contribution >= 0.6 is 0 Å². The van der Waals surface area contributed by atoms with Crippen LogP contribution in [-0.4, -0.2) is 70.9 Å². The van der Waals surface area contributed by atoms with Crippen LogP contribution in [0.15, 0.2) is 0 Å². The van der Waals surface area contributed by atoms with Crippen LogP contribution in [0.1, 0.15) is 124 Å². The molecule has 4 aliphatic rings. The van der Waals surface area contributed by atoms with E-state index in [1.165, 1.54) is 77.2 Å². The Morgan fingerprint density at radius 1 is 0.756 bits per heavy atom. The van der Waals surface area contributed by atoms with Crippen molar-refractivity contribution in [3.05, 3.63) is 0 Å². The molecule has 7 nitrogen and oxygen atoms in total. The molecule has 0 aromatic heterocycles. The third-order valence-electron chi connectivity index (χ3n) is 13.5. The lowest BCUT2D eigenvalue weighted by atomic mass is 9.43. The Hall–Kier alpha value is -0.280. The number of nitrogens with one attached hydrogen (secondary N) is 1. The summed E-state index contributed by atoms with van der Waals surface area (Å²) in [5.74, 6) is 3.81. The maximum Gasteiger partial charge on any atom is 0.0637 e. The predicted molar refractivity (Wildman–Crippen MR) is 187 cm³/mol. The molecule has 0 amide bonds. The first-order chi connectivity index (χ1) is 21.8. The average molecular weight is 635 g/mol. The van der Waals surface area contributed by atoms with Gasteiger partial charge in [0.05, 0.1) is 38.1 Å². The first-order valence-corrected chi connectivity index (χ1v) is 19.5. The topological polar surface area (TPSA) is 118 Å². The number of ether oxygens (including phenoxy) is 3. The molecule has 5 unspecified atom stereocenters. The molecular formula is C38H74N4O3. The zero-order valence-electron chi connectivity index (χ0n) is 29.9. The van der Waals surface area contributed by atoms with Gasteiger partial charge in [0.1, 0.15) is 0 Å². The molecular weight excluding hydrogens is 560 g/mol. The monoisotopic (exact) mass is 635 g/mol. The van der Waals surface area contributed by atoms with E-state index in [0.717, 1.165) is 32.2 Å². The Balaban J connectivity index is 1.44. The molecule has 0 heterocycles. The quantitative estimate of drug-likeness (QED) is 0.110. The lowest BCUT2D eigenvalue weighted by Crippen LogP contribution is -2.63. The van der Waals surface area contributed by atoms with E-state index in [1.54, 1.807) is 0 Å². The van der Waals surface area contributed by atoms with Crippen molar-refractivity contribution >= 4 is 0 Å². The van der Waals surface area contributed by atoms with Gasteiger partial charge < -0.3 is 36.7 Å². The third kappa shape index (κ3) is 8.85. The van der Waals surface area contributed by atoms with Gasteiger partial charge in [-0.05, 0) is 118 Å². The van der Waals surface area contributed by atoms with Gasteiger partial charge in [-0.2, -0.15) is 0 Å². The van der Waals surface area contributed by atoms with Gasteiger partial charge in [-0.1, -0.05) is 59.8 Å². The summed E-state index contributed by atoms with van der Waals surface area (Å²) in [6.07, 6.45) is 20.1. The van der Waals surface area contributed by atoms with Crippen LogP contribution in [0.5, 0.6) is 0 Å². The molecule has 0 aliphatic heterocycles. The van der Waals surface area contributed by atoms with Gasteiger partial charge in [0, 0.05) is 25.0 Å². The summed E-state index contributed by atoms with van der Waals surface area (Å²) < 4.78 is 19.9. The first-order valence-electron chi connectivity index (χ1n) is 19.5. The molecule has 0 aromatic rings. The van der Waals surface area contributed by atoms with E-state index in [4.69, 9.17) is 31.4 Å². The van der Waals surface area contributed by atoms with Crippen molar-refractivity contribution in [1.82, 2.24) is 5.32 Å². The minimum atomic E-state index is 0.163. The van der Waals surface area contributed by atoms with Crippen molar-refractivity contribution in [2.24, 2.45) is 63.5 Å². The van der Waals surface area contributed by atoms with E-state index in [0.29, 0.717) is 86.5 Å². The zero-order chi connectivity index (χ0) is 32.3. The summed E-state index contributed by atoms with van der Waals surface area (Å²) in [6, 6.07) is 0. The van der Waals surface area contributed by atoms with Crippen LogP contribution in [0.4, 0.5) is 0 Å². The molecule has 45 heavy (non-hydrogen) atoms. The summed E-state index contributed by atoms with van der Waals surface area (Å²) in [5.41, 5.74) is 18.4. The summed E-state index contributed by atoms with van der Waals surface area (Å²) in [7, 11) is 0. The molecule has 4 aliphatic carbocycles. The molecule has 4 fully saturated rings. The second kappa shape index (κ2) is 18.5. The van der Waals surface area contributed by atoms with Gasteiger partial charge in [-0.3, -0.25) is 0 Å². The molecule has 7 heteroatoms. The number of hydrogen-bond acceptors (Lipinski definition) is 7. The standard InChI is InChI=1S/C38H74N4O3/c1-5-6-7-8-9-10-20-42-21-11-12-28(2)31-13-14-32-36-33(27-35(38(31,32)4)45-24-19-41)37(3)16-15-30(43-22-17-39)25-29(37)26-34(36)44-23-18-40/h28-36,42H,5-27,39-41H2,1-4H3/t28?,29?,30?,31?,32-,33-,34+,35-,36?,37-,38+/m0/s1. The largest absolute Gasteiger partial charge is 0.377 e. The minimum absolute atomic E-state index is 0.163. The fourth-order valence-electron chi connectivity index (χ4n) is 11.2. The second-order valence-corrected chi connectivity index (χ2v) is 16.1. The van der Waals surface area contributed by atoms with E-state index in [1.807, 2.05) is 0 Å². The van der Waals surface area contributed by atoms with Gasteiger partial charge in [0.25, 0.3) is 0 Å². The second-order valence-electron chi connectivity index (χ2n) is 16.1. The molecule has 4 saturated carbocycles. The molecule has 0 bridgehead atoms. The van der Waals surface area contributed by atoms with Crippen LogP contribution in [0.25, 0.3) is 0 Å². The highest BCUT2D eigenvalue weighted by Crippen LogP contribution is 2.69. The van der Waals surface area contributed by atoms with E-state index >= 15 is 0 Å². The van der Waals surface area contributed by atoms with E-state index in [9.17, 15) is 0 Å². The number of fused-ring (bicyclic) bond motifs is 5. The Morgan fingerprint density at radius 2 is 1.44 bits per heavy atom. The fourth-order valence-corrected chi connectivity index (χ4v) is 11.2. The summed E-state index contributed by atoms with van der Waals surface area (Å²) in [4.78, 5) is 0. The molecule has 264 valence electrons. The summed E-state index contributed by atoms with van der Waals surface area (Å²) in [5, 5.41) is 3.75. The van der Waals surface area contributed by atoms with Crippen molar-refractivity contribution in [3.8, 4) is 0 Å². The fraction of sp³-hybridized carbons (Fsp3) is 1.00. The van der Waals surface area contributed by atoms with Crippen molar-refractivity contribution in [3.63, 3.8) is 0 Å². The van der Waals surface area contributed by atoms with Gasteiger partial charge in [-0.25, -0.2) is 0 Å². The molecule has 0 radical (unpaired) electrons. The lowest BCUT2D eigenvalue weighted by Gasteiger charge is -2.64. The third-order valence-corrected chi connectivity index (χ3v) is 13.5. The molecule has 0 saturated heterocycles. The highest BCUT2D eigenvalue weighted by Gasteiger charge is 2.66. The highest BCUT2D eigenvalue weighted by molar-refractivity contribution is 5.15. The number of nitrogens with two attached hydrogens (primary N) is 3. The van der Waals surface area contributed by atoms with Crippen LogP contribution in [0.3, 0.4) is 0 Å². The predicted octanol–water partition coefficient (Wildman–Crippen LogP) is 6.26. The minimum Gasteiger partial charge on any atom is -0.377 e. The maximum absolute atomic E-state index is 6.86. The van der Waals surface area contributed by atoms with Crippen LogP contribution in [-0.2, 0) is 14.2 Å². The molecule has 7 N–H and O–H groups in total. The molecule has 4 rings (SSSR count). The van der Waals surface area contributed by atoms with Crippen molar-refractivity contribution in [1.29, 1.82) is 0 Å². The highest BCUT2D eigenvalue weighted by atomic mass is 16.5. The lowest BCUT2D eigenvalue weighted by molar-refractivity contribution is -0.226. The van der Waals surface area contributed by atoms with Gasteiger partial charge >= 0.3 is 0 Å². The van der Waals surface area contributed by atoms with E-state index in [-0.39, 0.29) is 17.6 Å². The molecule has 0 aromatic carbocycles. The summed E-state index contributed by atoms with van der Waals surface area (Å²) in [6.45, 7) is 16.2. The first kappa shape index (κ1) is 37.5. The van der Waals surface area contributed by atoms with Gasteiger partial charge in [0.15, 0.2) is 0 Å². The molecule has 11 atom stereocenters. The number of unbranched alkanes of at least 4 members (excludes halogenated alkanes) is 5. The average Bonchev–Trinajstić information content (AvgIpc) is 3.40. The van der Waals surface area contributed by atoms with E-state index < -0.39 is 0 Å². The van der Waals surface area contributed by atoms with Gasteiger partial charge in [0.2, 0.25) is 0 Å². The molecule has 0 spiro atoms. The SMILES string of the molecule is CCCCCCCCNCCCC(C)C1CC[C@H]2C3[C@H](OCCN)CC4CC(OCCN)CC[C@]4(C)[C@H]3C[C@H](OCCN)[C@]12C. The Morgan fingerprint density at radius 3 is 2.20 bits per heavy atom. The van der Waals surface area contributed by atoms with E-state index in [2.05, 4.69) is 33.0 Å². The van der Waals surface area contributed by atoms with Crippen molar-refractivity contribution in [2.45, 2.75) is 142 Å². The van der Waals surface area contributed by atoms with Crippen LogP contribution in [0, 0.1) is 46.3 Å². The number of rotatable bonds is 21. The summed E-state index contributed by atoms with van der Waals surface area (Å²) >= 11 is 0. The van der Waals surface area contributed by atoms with Crippen molar-refractivity contribution < 1.29 is 14.2 Å². The zero-order valence-corrected chi connectivity index (χ0v) is 29.9. The van der Waals surface area contributed by atoms with Crippen LogP contribution in [0.2, 0.25) is 0 Å². The Kier molecular flexibility index (Phi) is 15.4. The van der Waals surface area contributed by atoms with Gasteiger partial charge in [-0.15, -0.1) is 0 Å².